The first-order chi connectivity index (χ1) is 6.70. The molecule has 2 aromatic rings. The molecule has 2 rings (SSSR count). The van der Waals surface area contributed by atoms with Gasteiger partial charge in [-0.05, 0) is 6.92 Å². The number of carbonyl (C=O) groups is 2. The zero-order valence-corrected chi connectivity index (χ0v) is 7.47. The summed E-state index contributed by atoms with van der Waals surface area (Å²) in [6.45, 7) is 1.45. The van der Waals surface area contributed by atoms with Crippen molar-refractivity contribution in [1.29, 1.82) is 0 Å². The average Bonchev–Trinajstić information content (AvgIpc) is 2.58. The third-order valence-corrected chi connectivity index (χ3v) is 1.86. The van der Waals surface area contributed by atoms with Crippen LogP contribution in [0.5, 0.6) is 0 Å². The summed E-state index contributed by atoms with van der Waals surface area (Å²) in [4.78, 5) is 25.4. The second-order valence-corrected chi connectivity index (χ2v) is 2.89. The Morgan fingerprint density at radius 2 is 2.36 bits per heavy atom. The Morgan fingerprint density at radius 3 is 3.00 bits per heavy atom. The van der Waals surface area contributed by atoms with Crippen LogP contribution in [0, 0.1) is 0 Å². The molecule has 0 N–H and O–H groups in total. The maximum atomic E-state index is 11.0. The van der Waals surface area contributed by atoms with Crippen molar-refractivity contribution in [3.63, 3.8) is 0 Å². The highest BCUT2D eigenvalue weighted by atomic mass is 16.1. The summed E-state index contributed by atoms with van der Waals surface area (Å²) in [6, 6.07) is 1.55. The number of carbonyl (C=O) groups excluding carboxylic acids is 2. The molecule has 70 valence electrons. The van der Waals surface area contributed by atoms with Crippen molar-refractivity contribution in [1.82, 2.24) is 14.6 Å². The Labute approximate surface area is 79.4 Å². The lowest BCUT2D eigenvalue weighted by molar-refractivity contribution is 0.101. The minimum absolute atomic E-state index is 0.0810. The number of aldehydes is 1. The fourth-order valence-corrected chi connectivity index (χ4v) is 1.13. The molecule has 0 unspecified atom stereocenters. The minimum atomic E-state index is -0.0810. The van der Waals surface area contributed by atoms with Gasteiger partial charge in [0.2, 0.25) is 0 Å². The van der Waals surface area contributed by atoms with Gasteiger partial charge in [0.1, 0.15) is 5.69 Å². The number of hydrogen-bond donors (Lipinski definition) is 0. The van der Waals surface area contributed by atoms with E-state index >= 15 is 0 Å². The Balaban J connectivity index is 2.65. The second-order valence-electron chi connectivity index (χ2n) is 2.89. The number of Topliss-reactive ketones (excluding diaryl/α,β-unsaturated/α-hetero) is 1. The monoisotopic (exact) mass is 189 g/mol. The van der Waals surface area contributed by atoms with Crippen LogP contribution in [-0.4, -0.2) is 26.7 Å². The third kappa shape index (κ3) is 1.28. The standard InChI is InChI=1S/C9H7N3O2/c1-6(14)7-3-10-9-2-8(5-13)11-12(9)4-7/h2-5H,1H3. The van der Waals surface area contributed by atoms with Crippen molar-refractivity contribution in [2.75, 3.05) is 0 Å². The highest BCUT2D eigenvalue weighted by molar-refractivity contribution is 5.93. The van der Waals surface area contributed by atoms with E-state index in [2.05, 4.69) is 10.1 Å². The van der Waals surface area contributed by atoms with Gasteiger partial charge in [0.15, 0.2) is 17.7 Å². The third-order valence-electron chi connectivity index (χ3n) is 1.86. The van der Waals surface area contributed by atoms with E-state index in [0.717, 1.165) is 0 Å². The van der Waals surface area contributed by atoms with Crippen LogP contribution in [0.15, 0.2) is 18.5 Å². The molecule has 0 aliphatic heterocycles. The van der Waals surface area contributed by atoms with Gasteiger partial charge in [0.05, 0.1) is 5.56 Å². The Kier molecular flexibility index (Phi) is 1.85. The molecule has 0 fully saturated rings. The number of rotatable bonds is 2. The van der Waals surface area contributed by atoms with Gasteiger partial charge in [-0.3, -0.25) is 9.59 Å². The van der Waals surface area contributed by atoms with Crippen molar-refractivity contribution in [2.45, 2.75) is 6.92 Å². The summed E-state index contributed by atoms with van der Waals surface area (Å²) in [7, 11) is 0. The molecule has 0 amide bonds. The predicted octanol–water partition coefficient (Wildman–Crippen LogP) is 0.744. The van der Waals surface area contributed by atoms with E-state index in [4.69, 9.17) is 0 Å². The lowest BCUT2D eigenvalue weighted by Gasteiger charge is -1.95. The minimum Gasteiger partial charge on any atom is -0.296 e. The maximum absolute atomic E-state index is 11.0. The van der Waals surface area contributed by atoms with Crippen LogP contribution in [0.2, 0.25) is 0 Å². The van der Waals surface area contributed by atoms with Gasteiger partial charge in [0, 0.05) is 18.5 Å². The number of aromatic nitrogens is 3. The van der Waals surface area contributed by atoms with Gasteiger partial charge in [0.25, 0.3) is 0 Å². The molecule has 2 heterocycles. The normalized spacial score (nSPS) is 10.4. The molecule has 5 nitrogen and oxygen atoms in total. The van der Waals surface area contributed by atoms with Crippen LogP contribution in [0.1, 0.15) is 27.8 Å². The van der Waals surface area contributed by atoms with Crippen LogP contribution in [0.4, 0.5) is 0 Å². The van der Waals surface area contributed by atoms with Gasteiger partial charge in [-0.25, -0.2) is 9.50 Å². The summed E-state index contributed by atoms with van der Waals surface area (Å²) in [5.41, 5.74) is 1.33. The Hall–Kier alpha value is -2.04. The number of fused-ring (bicyclic) bond motifs is 1. The molecule has 0 aliphatic rings. The van der Waals surface area contributed by atoms with E-state index in [1.807, 2.05) is 0 Å². The summed E-state index contributed by atoms with van der Waals surface area (Å²) in [5, 5.41) is 3.91. The molecule has 0 aliphatic carbocycles. The lowest BCUT2D eigenvalue weighted by atomic mass is 10.2. The topological polar surface area (TPSA) is 64.3 Å². The van der Waals surface area contributed by atoms with Crippen molar-refractivity contribution < 1.29 is 9.59 Å². The summed E-state index contributed by atoms with van der Waals surface area (Å²) >= 11 is 0. The Morgan fingerprint density at radius 1 is 1.57 bits per heavy atom. The molecule has 0 saturated carbocycles. The van der Waals surface area contributed by atoms with Crippen molar-refractivity contribution >= 4 is 17.7 Å². The van der Waals surface area contributed by atoms with Gasteiger partial charge < -0.3 is 0 Å². The first-order valence-electron chi connectivity index (χ1n) is 4.02. The van der Waals surface area contributed by atoms with E-state index < -0.39 is 0 Å². The SMILES string of the molecule is CC(=O)c1cnc2cc(C=O)nn2c1. The van der Waals surface area contributed by atoms with Gasteiger partial charge in [-0.15, -0.1) is 0 Å². The average molecular weight is 189 g/mol. The molecular weight excluding hydrogens is 182 g/mol. The van der Waals surface area contributed by atoms with E-state index in [1.165, 1.54) is 17.6 Å². The second kappa shape index (κ2) is 3.02. The van der Waals surface area contributed by atoms with Crippen molar-refractivity contribution in [2.24, 2.45) is 0 Å². The highest BCUT2D eigenvalue weighted by Gasteiger charge is 2.04. The molecule has 0 atom stereocenters. The first-order valence-corrected chi connectivity index (χ1v) is 4.02. The summed E-state index contributed by atoms with van der Waals surface area (Å²) < 4.78 is 1.42. The molecule has 2 aromatic heterocycles. The lowest BCUT2D eigenvalue weighted by Crippen LogP contribution is -1.98. The van der Waals surface area contributed by atoms with Gasteiger partial charge in [-0.2, -0.15) is 5.10 Å². The van der Waals surface area contributed by atoms with E-state index in [0.29, 0.717) is 23.2 Å². The molecule has 0 radical (unpaired) electrons. The van der Waals surface area contributed by atoms with Crippen molar-refractivity contribution in [3.8, 4) is 0 Å². The van der Waals surface area contributed by atoms with E-state index in [-0.39, 0.29) is 5.78 Å². The molecule has 0 saturated heterocycles. The largest absolute Gasteiger partial charge is 0.296 e. The van der Waals surface area contributed by atoms with Gasteiger partial charge in [-0.1, -0.05) is 0 Å². The zero-order chi connectivity index (χ0) is 10.1. The van der Waals surface area contributed by atoms with Crippen LogP contribution in [0.3, 0.4) is 0 Å². The fraction of sp³-hybridized carbons (Fsp3) is 0.111. The van der Waals surface area contributed by atoms with Crippen LogP contribution >= 0.6 is 0 Å². The predicted molar refractivity (Wildman–Crippen MR) is 48.4 cm³/mol. The molecule has 0 bridgehead atoms. The van der Waals surface area contributed by atoms with Crippen molar-refractivity contribution in [3.05, 3.63) is 29.7 Å². The molecule has 0 aromatic carbocycles. The number of ketones is 1. The fourth-order valence-electron chi connectivity index (χ4n) is 1.13. The molecule has 5 heteroatoms. The smallest absolute Gasteiger partial charge is 0.170 e. The number of hydrogen-bond acceptors (Lipinski definition) is 4. The first kappa shape index (κ1) is 8.55. The summed E-state index contributed by atoms with van der Waals surface area (Å²) in [5.74, 6) is -0.0810. The maximum Gasteiger partial charge on any atom is 0.170 e. The quantitative estimate of drug-likeness (QED) is 0.516. The molecular formula is C9H7N3O2. The van der Waals surface area contributed by atoms with E-state index in [9.17, 15) is 9.59 Å². The van der Waals surface area contributed by atoms with Gasteiger partial charge >= 0.3 is 0 Å². The van der Waals surface area contributed by atoms with Crippen LogP contribution in [0.25, 0.3) is 5.65 Å². The molecule has 0 spiro atoms. The highest BCUT2D eigenvalue weighted by Crippen LogP contribution is 2.04. The Bertz CT molecular complexity index is 516. The zero-order valence-electron chi connectivity index (χ0n) is 7.47. The van der Waals surface area contributed by atoms with E-state index in [1.54, 1.807) is 12.3 Å². The van der Waals surface area contributed by atoms with Crippen LogP contribution < -0.4 is 0 Å². The molecule has 14 heavy (non-hydrogen) atoms. The number of nitrogens with zero attached hydrogens (tertiary/aromatic N) is 3. The van der Waals surface area contributed by atoms with Crippen LogP contribution in [-0.2, 0) is 0 Å². The summed E-state index contributed by atoms with van der Waals surface area (Å²) in [6.07, 6.45) is 3.66.